The minimum atomic E-state index is 0.326. The van der Waals surface area contributed by atoms with Crippen LogP contribution in [0.4, 0.5) is 0 Å². The summed E-state index contributed by atoms with van der Waals surface area (Å²) in [5, 5.41) is 7.55. The number of rotatable bonds is 2. The van der Waals surface area contributed by atoms with E-state index in [9.17, 15) is 0 Å². The lowest BCUT2D eigenvalue weighted by molar-refractivity contribution is 0.582. The van der Waals surface area contributed by atoms with Gasteiger partial charge in [0.05, 0.1) is 0 Å². The highest BCUT2D eigenvalue weighted by atomic mass is 16.3. The molecule has 9 rings (SSSR count). The zero-order valence-electron chi connectivity index (χ0n) is 21.9. The second-order valence-electron chi connectivity index (χ2n) is 11.3. The molecule has 7 aromatic rings. The number of hydrogen-bond donors (Lipinski definition) is 0. The van der Waals surface area contributed by atoms with Crippen LogP contribution in [0.3, 0.4) is 0 Å². The molecule has 40 heavy (non-hydrogen) atoms. The molecule has 0 bridgehead atoms. The molecule has 2 heteroatoms. The molecule has 190 valence electrons. The summed E-state index contributed by atoms with van der Waals surface area (Å²) in [4.78, 5) is 0. The van der Waals surface area contributed by atoms with Crippen LogP contribution in [0.2, 0.25) is 0 Å². The van der Waals surface area contributed by atoms with Crippen molar-refractivity contribution in [2.75, 3.05) is 0 Å². The fraction of sp³-hybridized carbons (Fsp3) is 0.105. The van der Waals surface area contributed by atoms with E-state index in [1.165, 1.54) is 54.6 Å². The fourth-order valence-electron chi connectivity index (χ4n) is 6.84. The maximum absolute atomic E-state index is 6.35. The lowest BCUT2D eigenvalue weighted by Crippen LogP contribution is -2.05. The molecule has 2 aliphatic carbocycles. The first-order valence-electron chi connectivity index (χ1n) is 14.1. The minimum absolute atomic E-state index is 0.326. The van der Waals surface area contributed by atoms with E-state index >= 15 is 0 Å². The Morgan fingerprint density at radius 3 is 1.45 bits per heavy atom. The first-order valence-corrected chi connectivity index (χ1v) is 14.1. The van der Waals surface area contributed by atoms with Crippen molar-refractivity contribution in [3.05, 3.63) is 143 Å². The van der Waals surface area contributed by atoms with Gasteiger partial charge in [-0.15, -0.1) is 0 Å². The molecular formula is C38H26O2. The number of allylic oxidation sites excluding steroid dienone is 2. The van der Waals surface area contributed by atoms with Crippen LogP contribution in [0.1, 0.15) is 45.6 Å². The van der Waals surface area contributed by atoms with E-state index in [-0.39, 0.29) is 0 Å². The minimum Gasteiger partial charge on any atom is -0.456 e. The monoisotopic (exact) mass is 514 g/mol. The van der Waals surface area contributed by atoms with Gasteiger partial charge in [0.1, 0.15) is 22.7 Å². The van der Waals surface area contributed by atoms with Crippen molar-refractivity contribution in [1.29, 1.82) is 0 Å². The topological polar surface area (TPSA) is 26.3 Å². The molecule has 0 spiro atoms. The molecule has 2 aromatic heterocycles. The molecule has 0 saturated heterocycles. The maximum atomic E-state index is 6.35. The smallest absolute Gasteiger partial charge is 0.138 e. The van der Waals surface area contributed by atoms with Crippen molar-refractivity contribution in [2.45, 2.75) is 24.7 Å². The Hall–Kier alpha value is -4.82. The summed E-state index contributed by atoms with van der Waals surface area (Å²) in [6.45, 7) is 0. The summed E-state index contributed by atoms with van der Waals surface area (Å²) in [6, 6.07) is 35.3. The number of fused-ring (bicyclic) bond motifs is 8. The third-order valence-corrected chi connectivity index (χ3v) is 8.98. The van der Waals surface area contributed by atoms with E-state index < -0.39 is 0 Å². The van der Waals surface area contributed by atoms with Crippen molar-refractivity contribution in [1.82, 2.24) is 0 Å². The molecule has 0 amide bonds. The summed E-state index contributed by atoms with van der Waals surface area (Å²) in [7, 11) is 0. The van der Waals surface area contributed by atoms with Gasteiger partial charge >= 0.3 is 0 Å². The van der Waals surface area contributed by atoms with Gasteiger partial charge in [0.15, 0.2) is 0 Å². The summed E-state index contributed by atoms with van der Waals surface area (Å²) in [5.41, 5.74) is 7.10. The Morgan fingerprint density at radius 1 is 0.475 bits per heavy atom. The Kier molecular flexibility index (Phi) is 4.59. The van der Waals surface area contributed by atoms with E-state index in [1.54, 1.807) is 0 Å². The number of hydrogen-bond acceptors (Lipinski definition) is 2. The van der Waals surface area contributed by atoms with Crippen molar-refractivity contribution < 1.29 is 8.83 Å². The van der Waals surface area contributed by atoms with Crippen molar-refractivity contribution in [3.8, 4) is 0 Å². The molecule has 2 heterocycles. The first kappa shape index (κ1) is 22.0. The van der Waals surface area contributed by atoms with Gasteiger partial charge < -0.3 is 8.83 Å². The van der Waals surface area contributed by atoms with Crippen LogP contribution in [-0.2, 0) is 12.8 Å². The predicted octanol–water partition coefficient (Wildman–Crippen LogP) is 10.2. The molecule has 0 saturated carbocycles. The highest BCUT2D eigenvalue weighted by Crippen LogP contribution is 2.42. The largest absolute Gasteiger partial charge is 0.456 e. The van der Waals surface area contributed by atoms with Gasteiger partial charge in [-0.1, -0.05) is 97.1 Å². The molecule has 2 aliphatic rings. The predicted molar refractivity (Wildman–Crippen MR) is 165 cm³/mol. The van der Waals surface area contributed by atoms with Gasteiger partial charge in [-0.05, 0) is 63.7 Å². The number of benzene rings is 5. The maximum Gasteiger partial charge on any atom is 0.138 e. The van der Waals surface area contributed by atoms with Crippen LogP contribution in [0.15, 0.2) is 118 Å². The molecule has 2 nitrogen and oxygen atoms in total. The van der Waals surface area contributed by atoms with Crippen LogP contribution < -0.4 is 0 Å². The highest BCUT2D eigenvalue weighted by molar-refractivity contribution is 5.99. The van der Waals surface area contributed by atoms with Crippen LogP contribution in [0.5, 0.6) is 0 Å². The lowest BCUT2D eigenvalue weighted by atomic mass is 9.85. The number of furan rings is 2. The second-order valence-corrected chi connectivity index (χ2v) is 11.3. The molecule has 0 N–H and O–H groups in total. The average molecular weight is 515 g/mol. The van der Waals surface area contributed by atoms with E-state index in [0.717, 1.165) is 35.5 Å². The molecule has 0 radical (unpaired) electrons. The zero-order valence-corrected chi connectivity index (χ0v) is 21.9. The Labute approximate surface area is 231 Å². The van der Waals surface area contributed by atoms with Gasteiger partial charge in [-0.25, -0.2) is 0 Å². The zero-order chi connectivity index (χ0) is 26.2. The average Bonchev–Trinajstić information content (AvgIpc) is 3.55. The van der Waals surface area contributed by atoms with Gasteiger partial charge in [-0.3, -0.25) is 0 Å². The first-order chi connectivity index (χ1) is 19.8. The molecule has 2 unspecified atom stereocenters. The Bertz CT molecular complexity index is 2030. The molecule has 0 fully saturated rings. The highest BCUT2D eigenvalue weighted by Gasteiger charge is 2.26. The van der Waals surface area contributed by atoms with Crippen LogP contribution in [-0.4, -0.2) is 0 Å². The van der Waals surface area contributed by atoms with Crippen LogP contribution in [0.25, 0.3) is 55.6 Å². The van der Waals surface area contributed by atoms with Gasteiger partial charge in [-0.2, -0.15) is 0 Å². The molecule has 2 atom stereocenters. The summed E-state index contributed by atoms with van der Waals surface area (Å²) in [5.74, 6) is 2.60. The SMILES string of the molecule is C1=CC(c2ccc3ccccc3c2)Cc2c1oc1cc3oc4c(c3cc21)CC(c1ccc2ccccc2c1)C=C4. The third kappa shape index (κ3) is 3.36. The van der Waals surface area contributed by atoms with Crippen LogP contribution >= 0.6 is 0 Å². The van der Waals surface area contributed by atoms with Crippen molar-refractivity contribution in [2.24, 2.45) is 0 Å². The van der Waals surface area contributed by atoms with E-state index in [2.05, 4.69) is 121 Å². The van der Waals surface area contributed by atoms with Crippen molar-refractivity contribution in [3.63, 3.8) is 0 Å². The Morgan fingerprint density at radius 2 is 0.950 bits per heavy atom. The normalized spacial score (nSPS) is 18.1. The van der Waals surface area contributed by atoms with Crippen LogP contribution in [0, 0.1) is 0 Å². The standard InChI is InChI=1S/C38H26O2/c1-3-7-25-17-27(11-9-23(25)5-1)29-13-15-35-31(19-29)33-21-34-32-20-30(14-16-36(32)40-38(34)22-37(33)39-35)28-12-10-24-6-2-4-8-26(24)18-28/h1-18,21-22,29-30H,19-20H2. The molecule has 5 aromatic carbocycles. The van der Waals surface area contributed by atoms with E-state index in [4.69, 9.17) is 8.83 Å². The second kappa shape index (κ2) is 8.34. The van der Waals surface area contributed by atoms with Gasteiger partial charge in [0.2, 0.25) is 0 Å². The van der Waals surface area contributed by atoms with Crippen molar-refractivity contribution >= 4 is 55.6 Å². The summed E-state index contributed by atoms with van der Waals surface area (Å²) < 4.78 is 12.7. The molecular weight excluding hydrogens is 488 g/mol. The van der Waals surface area contributed by atoms with Gasteiger partial charge in [0, 0.05) is 39.8 Å². The lowest BCUT2D eigenvalue weighted by Gasteiger charge is -2.18. The third-order valence-electron chi connectivity index (χ3n) is 8.98. The summed E-state index contributed by atoms with van der Waals surface area (Å²) >= 11 is 0. The Balaban J connectivity index is 1.10. The summed E-state index contributed by atoms with van der Waals surface area (Å²) in [6.07, 6.45) is 10.8. The van der Waals surface area contributed by atoms with E-state index in [1.807, 2.05) is 0 Å². The van der Waals surface area contributed by atoms with E-state index in [0.29, 0.717) is 11.8 Å². The fourth-order valence-corrected chi connectivity index (χ4v) is 6.84. The van der Waals surface area contributed by atoms with Gasteiger partial charge in [0.25, 0.3) is 0 Å². The molecule has 0 aliphatic heterocycles. The quantitative estimate of drug-likeness (QED) is 0.229.